The molecule has 21 heavy (non-hydrogen) atoms. The number of piperidine rings is 1. The molecule has 6 nitrogen and oxygen atoms in total. The van der Waals surface area contributed by atoms with E-state index < -0.39 is 5.97 Å². The number of ether oxygens (including phenoxy) is 2. The Balaban J connectivity index is 1.75. The maximum atomic E-state index is 12.5. The molecule has 2 heterocycles. The molecule has 0 aromatic heterocycles. The maximum Gasteiger partial charge on any atom is 0.306 e. The molecule has 0 radical (unpaired) electrons. The molecule has 7 heteroatoms. The monoisotopic (exact) mass is 355 g/mol. The number of hydrogen-bond acceptors (Lipinski definition) is 4. The van der Waals surface area contributed by atoms with Gasteiger partial charge in [-0.05, 0) is 40.9 Å². The van der Waals surface area contributed by atoms with E-state index in [0.717, 1.165) is 0 Å². The fourth-order valence-corrected chi connectivity index (χ4v) is 3.16. The first-order valence-electron chi connectivity index (χ1n) is 6.67. The molecule has 2 aliphatic rings. The van der Waals surface area contributed by atoms with Crippen molar-refractivity contribution in [2.75, 3.05) is 19.9 Å². The number of rotatable bonds is 2. The Kier molecular flexibility index (Phi) is 3.75. The van der Waals surface area contributed by atoms with E-state index in [-0.39, 0.29) is 18.6 Å². The quantitative estimate of drug-likeness (QED) is 0.879. The average Bonchev–Trinajstić information content (AvgIpc) is 2.95. The van der Waals surface area contributed by atoms with Gasteiger partial charge in [0, 0.05) is 18.7 Å². The first-order valence-corrected chi connectivity index (χ1v) is 7.47. The highest BCUT2D eigenvalue weighted by molar-refractivity contribution is 9.10. The molecule has 0 saturated carbocycles. The van der Waals surface area contributed by atoms with Gasteiger partial charge in [0.2, 0.25) is 6.79 Å². The normalized spacial score (nSPS) is 17.9. The number of hydrogen-bond donors (Lipinski definition) is 1. The highest BCUT2D eigenvalue weighted by Crippen LogP contribution is 2.40. The second-order valence-electron chi connectivity index (χ2n) is 5.10. The average molecular weight is 356 g/mol. The van der Waals surface area contributed by atoms with Crippen LogP contribution in [0.1, 0.15) is 23.2 Å². The van der Waals surface area contributed by atoms with Gasteiger partial charge in [0.05, 0.1) is 10.4 Å². The predicted molar refractivity (Wildman–Crippen MR) is 76.5 cm³/mol. The third kappa shape index (κ3) is 2.70. The Hall–Kier alpha value is -1.76. The van der Waals surface area contributed by atoms with Crippen molar-refractivity contribution in [1.29, 1.82) is 0 Å². The summed E-state index contributed by atoms with van der Waals surface area (Å²) in [6.45, 7) is 1.07. The lowest BCUT2D eigenvalue weighted by atomic mass is 9.96. The second-order valence-corrected chi connectivity index (χ2v) is 5.95. The molecule has 1 aromatic rings. The van der Waals surface area contributed by atoms with Gasteiger partial charge in [-0.2, -0.15) is 0 Å². The zero-order valence-corrected chi connectivity index (χ0v) is 12.8. The van der Waals surface area contributed by atoms with Crippen LogP contribution in [-0.4, -0.2) is 41.8 Å². The minimum atomic E-state index is -0.784. The summed E-state index contributed by atoms with van der Waals surface area (Å²) in [5.41, 5.74) is 0.514. The Labute approximate surface area is 129 Å². The molecule has 0 atom stereocenters. The van der Waals surface area contributed by atoms with Gasteiger partial charge < -0.3 is 19.5 Å². The number of carboxylic acid groups (broad SMARTS) is 1. The first-order chi connectivity index (χ1) is 10.1. The number of amides is 1. The summed E-state index contributed by atoms with van der Waals surface area (Å²) in [5.74, 6) is -0.0902. The number of carboxylic acids is 1. The summed E-state index contributed by atoms with van der Waals surface area (Å²) >= 11 is 3.37. The minimum absolute atomic E-state index is 0.113. The van der Waals surface area contributed by atoms with Crippen molar-refractivity contribution in [3.05, 3.63) is 22.2 Å². The SMILES string of the molecule is O=C(O)C1CCN(C(=O)c2cc(Br)c3c(c2)OCO3)CC1. The number of aliphatic carboxylic acids is 1. The maximum absolute atomic E-state index is 12.5. The lowest BCUT2D eigenvalue weighted by Gasteiger charge is -2.30. The van der Waals surface area contributed by atoms with Crippen molar-refractivity contribution >= 4 is 27.8 Å². The molecular weight excluding hydrogens is 342 g/mol. The zero-order chi connectivity index (χ0) is 15.0. The molecule has 1 aromatic carbocycles. The van der Waals surface area contributed by atoms with Crippen molar-refractivity contribution in [3.8, 4) is 11.5 Å². The standard InChI is InChI=1S/C14H14BrNO5/c15-10-5-9(6-11-12(10)21-7-20-11)13(17)16-3-1-8(2-4-16)14(18)19/h5-6,8H,1-4,7H2,(H,18,19). The van der Waals surface area contributed by atoms with Crippen molar-refractivity contribution in [1.82, 2.24) is 4.90 Å². The van der Waals surface area contributed by atoms with Crippen molar-refractivity contribution in [2.45, 2.75) is 12.8 Å². The summed E-state index contributed by atoms with van der Waals surface area (Å²) in [6, 6.07) is 3.37. The summed E-state index contributed by atoms with van der Waals surface area (Å²) in [4.78, 5) is 25.1. The molecule has 1 saturated heterocycles. The second kappa shape index (κ2) is 5.55. The van der Waals surface area contributed by atoms with Crippen LogP contribution in [0.2, 0.25) is 0 Å². The van der Waals surface area contributed by atoms with Gasteiger partial charge in [0.1, 0.15) is 0 Å². The van der Waals surface area contributed by atoms with Gasteiger partial charge in [-0.3, -0.25) is 9.59 Å². The highest BCUT2D eigenvalue weighted by Gasteiger charge is 2.29. The number of likely N-dealkylation sites (tertiary alicyclic amines) is 1. The molecule has 0 unspecified atom stereocenters. The molecule has 0 bridgehead atoms. The van der Waals surface area contributed by atoms with Crippen LogP contribution in [0.4, 0.5) is 0 Å². The predicted octanol–water partition coefficient (Wildman–Crippen LogP) is 2.11. The van der Waals surface area contributed by atoms with Gasteiger partial charge in [0.15, 0.2) is 11.5 Å². The summed E-state index contributed by atoms with van der Waals surface area (Å²) < 4.78 is 11.3. The van der Waals surface area contributed by atoms with Crippen LogP contribution < -0.4 is 9.47 Å². The molecule has 112 valence electrons. The number of benzene rings is 1. The third-order valence-corrected chi connectivity index (χ3v) is 4.39. The summed E-state index contributed by atoms with van der Waals surface area (Å²) in [6.07, 6.45) is 0.986. The van der Waals surface area contributed by atoms with Gasteiger partial charge in [0.25, 0.3) is 5.91 Å². The number of carbonyl (C=O) groups excluding carboxylic acids is 1. The van der Waals surface area contributed by atoms with Crippen LogP contribution in [0.5, 0.6) is 11.5 Å². The molecule has 1 N–H and O–H groups in total. The number of fused-ring (bicyclic) bond motifs is 1. The number of halogens is 1. The van der Waals surface area contributed by atoms with E-state index in [9.17, 15) is 9.59 Å². The highest BCUT2D eigenvalue weighted by atomic mass is 79.9. The van der Waals surface area contributed by atoms with Crippen molar-refractivity contribution in [2.24, 2.45) is 5.92 Å². The molecule has 3 rings (SSSR count). The Morgan fingerprint density at radius 1 is 1.24 bits per heavy atom. The van der Waals surface area contributed by atoms with Gasteiger partial charge in [-0.25, -0.2) is 0 Å². The summed E-state index contributed by atoms with van der Waals surface area (Å²) in [5, 5.41) is 8.98. The smallest absolute Gasteiger partial charge is 0.306 e. The topological polar surface area (TPSA) is 76.1 Å². The molecule has 1 amide bonds. The van der Waals surface area contributed by atoms with Crippen LogP contribution >= 0.6 is 15.9 Å². The molecule has 1 fully saturated rings. The fraction of sp³-hybridized carbons (Fsp3) is 0.429. The van der Waals surface area contributed by atoms with Gasteiger partial charge >= 0.3 is 5.97 Å². The van der Waals surface area contributed by atoms with E-state index in [1.54, 1.807) is 17.0 Å². The molecule has 0 aliphatic carbocycles. The van der Waals surface area contributed by atoms with Crippen LogP contribution in [0.15, 0.2) is 16.6 Å². The van der Waals surface area contributed by atoms with E-state index in [4.69, 9.17) is 14.6 Å². The first kappa shape index (κ1) is 14.2. The zero-order valence-electron chi connectivity index (χ0n) is 11.2. The van der Waals surface area contributed by atoms with E-state index in [0.29, 0.717) is 47.5 Å². The minimum Gasteiger partial charge on any atom is -0.481 e. The van der Waals surface area contributed by atoms with E-state index in [1.807, 2.05) is 0 Å². The van der Waals surface area contributed by atoms with E-state index >= 15 is 0 Å². The van der Waals surface area contributed by atoms with Crippen LogP contribution in [0.3, 0.4) is 0 Å². The van der Waals surface area contributed by atoms with Gasteiger partial charge in [-0.1, -0.05) is 0 Å². The lowest BCUT2D eigenvalue weighted by Crippen LogP contribution is -2.40. The Bertz CT molecular complexity index is 595. The number of nitrogens with zero attached hydrogens (tertiary/aromatic N) is 1. The molecule has 0 spiro atoms. The largest absolute Gasteiger partial charge is 0.481 e. The van der Waals surface area contributed by atoms with Crippen LogP contribution in [0.25, 0.3) is 0 Å². The van der Waals surface area contributed by atoms with Crippen LogP contribution in [-0.2, 0) is 4.79 Å². The van der Waals surface area contributed by atoms with Gasteiger partial charge in [-0.15, -0.1) is 0 Å². The molecule has 2 aliphatic heterocycles. The fourth-order valence-electron chi connectivity index (χ4n) is 2.60. The van der Waals surface area contributed by atoms with E-state index in [2.05, 4.69) is 15.9 Å². The van der Waals surface area contributed by atoms with E-state index in [1.165, 1.54) is 0 Å². The van der Waals surface area contributed by atoms with Crippen LogP contribution in [0, 0.1) is 5.92 Å². The number of carbonyl (C=O) groups is 2. The van der Waals surface area contributed by atoms with Crippen molar-refractivity contribution < 1.29 is 24.2 Å². The molecular formula is C14H14BrNO5. The Morgan fingerprint density at radius 2 is 1.95 bits per heavy atom. The third-order valence-electron chi connectivity index (χ3n) is 3.81. The Morgan fingerprint density at radius 3 is 2.62 bits per heavy atom. The van der Waals surface area contributed by atoms with Crippen molar-refractivity contribution in [3.63, 3.8) is 0 Å². The summed E-state index contributed by atoms with van der Waals surface area (Å²) in [7, 11) is 0. The lowest BCUT2D eigenvalue weighted by molar-refractivity contribution is -0.143.